The van der Waals surface area contributed by atoms with Gasteiger partial charge < -0.3 is 5.11 Å². The van der Waals surface area contributed by atoms with Gasteiger partial charge in [-0.05, 0) is 30.0 Å². The summed E-state index contributed by atoms with van der Waals surface area (Å²) in [7, 11) is 0. The zero-order chi connectivity index (χ0) is 11.4. The zero-order valence-electron chi connectivity index (χ0n) is 9.13. The maximum absolute atomic E-state index is 9.37. The first kappa shape index (κ1) is 10.9. The molecule has 1 radical (unpaired) electrons. The summed E-state index contributed by atoms with van der Waals surface area (Å²) in [5, 5.41) is 9.37. The molecule has 0 aliphatic carbocycles. The lowest BCUT2D eigenvalue weighted by atomic mass is 9.96. The molecule has 0 aliphatic heterocycles. The Morgan fingerprint density at radius 2 is 1.56 bits per heavy atom. The summed E-state index contributed by atoms with van der Waals surface area (Å²) >= 11 is 0. The summed E-state index contributed by atoms with van der Waals surface area (Å²) in [5.74, 6) is 0. The van der Waals surface area contributed by atoms with Crippen molar-refractivity contribution in [3.05, 3.63) is 67.1 Å². The van der Waals surface area contributed by atoms with Crippen LogP contribution in [0.4, 0.5) is 0 Å². The van der Waals surface area contributed by atoms with Crippen LogP contribution in [0.3, 0.4) is 0 Å². The maximum Gasteiger partial charge on any atom is 0.0581 e. The fourth-order valence-corrected chi connectivity index (χ4v) is 1.85. The Balaban J connectivity index is 2.41. The molecule has 0 spiro atoms. The van der Waals surface area contributed by atoms with Gasteiger partial charge >= 0.3 is 0 Å². The largest absolute Gasteiger partial charge is 0.393 e. The molecule has 0 bridgehead atoms. The number of aliphatic hydroxyl groups excluding tert-OH is 1. The Labute approximate surface area is 96.4 Å². The summed E-state index contributed by atoms with van der Waals surface area (Å²) in [6, 6.07) is 18.3. The second kappa shape index (κ2) is 4.95. The predicted octanol–water partition coefficient (Wildman–Crippen LogP) is 3.09. The van der Waals surface area contributed by atoms with Crippen LogP contribution < -0.4 is 0 Å². The van der Waals surface area contributed by atoms with E-state index in [9.17, 15) is 5.11 Å². The van der Waals surface area contributed by atoms with Gasteiger partial charge in [-0.1, -0.05) is 54.6 Å². The molecule has 0 fully saturated rings. The fourth-order valence-electron chi connectivity index (χ4n) is 1.85. The van der Waals surface area contributed by atoms with Crippen LogP contribution in [0.2, 0.25) is 0 Å². The van der Waals surface area contributed by atoms with Crippen LogP contribution in [-0.2, 0) is 6.42 Å². The van der Waals surface area contributed by atoms with Gasteiger partial charge in [-0.15, -0.1) is 0 Å². The molecule has 2 aromatic carbocycles. The highest BCUT2D eigenvalue weighted by atomic mass is 16.3. The van der Waals surface area contributed by atoms with Crippen molar-refractivity contribution in [3.8, 4) is 11.1 Å². The number of aliphatic hydroxyl groups is 1. The van der Waals surface area contributed by atoms with Gasteiger partial charge in [0.05, 0.1) is 6.10 Å². The molecule has 0 aromatic heterocycles. The Kier molecular flexibility index (Phi) is 3.37. The predicted molar refractivity (Wildman–Crippen MR) is 66.9 cm³/mol. The summed E-state index contributed by atoms with van der Waals surface area (Å²) < 4.78 is 0. The second-order valence-electron chi connectivity index (χ2n) is 3.88. The molecule has 1 heteroatoms. The molecule has 16 heavy (non-hydrogen) atoms. The molecule has 0 amide bonds. The molecule has 2 rings (SSSR count). The van der Waals surface area contributed by atoms with Crippen molar-refractivity contribution in [3.63, 3.8) is 0 Å². The fraction of sp³-hybridized carbons (Fsp3) is 0.133. The van der Waals surface area contributed by atoms with Crippen molar-refractivity contribution in [2.75, 3.05) is 0 Å². The van der Waals surface area contributed by atoms with E-state index >= 15 is 0 Å². The normalized spacial score (nSPS) is 12.4. The Bertz CT molecular complexity index is 446. The number of hydrogen-bond donors (Lipinski definition) is 1. The quantitative estimate of drug-likeness (QED) is 0.827. The van der Waals surface area contributed by atoms with Gasteiger partial charge in [0.2, 0.25) is 0 Å². The topological polar surface area (TPSA) is 20.2 Å². The first-order valence-electron chi connectivity index (χ1n) is 5.42. The van der Waals surface area contributed by atoms with Crippen molar-refractivity contribution in [2.24, 2.45) is 0 Å². The van der Waals surface area contributed by atoms with Gasteiger partial charge in [0.1, 0.15) is 0 Å². The van der Waals surface area contributed by atoms with Gasteiger partial charge in [-0.2, -0.15) is 0 Å². The highest BCUT2D eigenvalue weighted by Gasteiger charge is 2.06. The van der Waals surface area contributed by atoms with Gasteiger partial charge in [0, 0.05) is 0 Å². The van der Waals surface area contributed by atoms with Crippen molar-refractivity contribution >= 4 is 0 Å². The van der Waals surface area contributed by atoms with E-state index in [1.165, 1.54) is 11.1 Å². The molecule has 1 N–H and O–H groups in total. The average molecular weight is 211 g/mol. The number of hydrogen-bond acceptors (Lipinski definition) is 1. The van der Waals surface area contributed by atoms with Gasteiger partial charge in [0.25, 0.3) is 0 Å². The van der Waals surface area contributed by atoms with Crippen molar-refractivity contribution in [2.45, 2.75) is 12.5 Å². The van der Waals surface area contributed by atoms with Crippen molar-refractivity contribution < 1.29 is 5.11 Å². The second-order valence-corrected chi connectivity index (χ2v) is 3.88. The monoisotopic (exact) mass is 211 g/mol. The van der Waals surface area contributed by atoms with E-state index in [1.807, 2.05) is 36.4 Å². The third-order valence-electron chi connectivity index (χ3n) is 2.56. The molecule has 1 atom stereocenters. The summed E-state index contributed by atoms with van der Waals surface area (Å²) in [6.07, 6.45) is 0.0373. The summed E-state index contributed by atoms with van der Waals surface area (Å²) in [5.41, 5.74) is 3.49. The van der Waals surface area contributed by atoms with Gasteiger partial charge in [-0.3, -0.25) is 0 Å². The molecule has 2 aromatic rings. The van der Waals surface area contributed by atoms with Crippen LogP contribution >= 0.6 is 0 Å². The minimum absolute atomic E-state index is 0.551. The van der Waals surface area contributed by atoms with Crippen LogP contribution in [-0.4, -0.2) is 11.2 Å². The molecular weight excluding hydrogens is 196 g/mol. The van der Waals surface area contributed by atoms with E-state index in [0.29, 0.717) is 6.42 Å². The van der Waals surface area contributed by atoms with E-state index in [-0.39, 0.29) is 0 Å². The zero-order valence-corrected chi connectivity index (χ0v) is 9.13. The Morgan fingerprint density at radius 1 is 0.938 bits per heavy atom. The van der Waals surface area contributed by atoms with Gasteiger partial charge in [0.15, 0.2) is 0 Å². The molecular formula is C15H15O. The van der Waals surface area contributed by atoms with E-state index < -0.39 is 6.10 Å². The lowest BCUT2D eigenvalue weighted by molar-refractivity contribution is 0.221. The van der Waals surface area contributed by atoms with Crippen LogP contribution in [0.15, 0.2) is 54.6 Å². The molecule has 0 heterocycles. The Morgan fingerprint density at radius 3 is 2.25 bits per heavy atom. The van der Waals surface area contributed by atoms with Crippen LogP contribution in [0.25, 0.3) is 11.1 Å². The minimum Gasteiger partial charge on any atom is -0.393 e. The molecule has 0 saturated carbocycles. The van der Waals surface area contributed by atoms with E-state index in [2.05, 4.69) is 25.1 Å². The van der Waals surface area contributed by atoms with Crippen molar-refractivity contribution in [1.29, 1.82) is 0 Å². The third kappa shape index (κ3) is 2.50. The van der Waals surface area contributed by atoms with Crippen LogP contribution in [0.5, 0.6) is 0 Å². The molecule has 0 aliphatic rings. The molecule has 1 unspecified atom stereocenters. The molecule has 81 valence electrons. The SMILES string of the molecule is [CH2]C(O)Cc1ccccc1-c1ccccc1. The maximum atomic E-state index is 9.37. The number of benzene rings is 2. The van der Waals surface area contributed by atoms with E-state index in [0.717, 1.165) is 5.56 Å². The third-order valence-corrected chi connectivity index (χ3v) is 2.56. The lowest BCUT2D eigenvalue weighted by Gasteiger charge is -2.10. The summed E-state index contributed by atoms with van der Waals surface area (Å²) in [4.78, 5) is 0. The lowest BCUT2D eigenvalue weighted by Crippen LogP contribution is -2.05. The minimum atomic E-state index is -0.551. The highest BCUT2D eigenvalue weighted by molar-refractivity contribution is 5.67. The number of rotatable bonds is 3. The van der Waals surface area contributed by atoms with Crippen LogP contribution in [0, 0.1) is 6.92 Å². The van der Waals surface area contributed by atoms with Crippen LogP contribution in [0.1, 0.15) is 5.56 Å². The summed E-state index contributed by atoms with van der Waals surface area (Å²) in [6.45, 7) is 3.62. The first-order chi connectivity index (χ1) is 7.77. The Hall–Kier alpha value is -1.60. The van der Waals surface area contributed by atoms with E-state index in [4.69, 9.17) is 0 Å². The van der Waals surface area contributed by atoms with E-state index in [1.54, 1.807) is 0 Å². The van der Waals surface area contributed by atoms with Crippen molar-refractivity contribution in [1.82, 2.24) is 0 Å². The molecule has 1 nitrogen and oxygen atoms in total. The molecule has 0 saturated heterocycles. The smallest absolute Gasteiger partial charge is 0.0581 e. The van der Waals surface area contributed by atoms with Gasteiger partial charge in [-0.25, -0.2) is 0 Å². The average Bonchev–Trinajstić information content (AvgIpc) is 2.30. The standard InChI is InChI=1S/C15H15O/c1-12(16)11-14-9-5-6-10-15(14)13-7-3-2-4-8-13/h2-10,12,16H,1,11H2. The highest BCUT2D eigenvalue weighted by Crippen LogP contribution is 2.24. The first-order valence-corrected chi connectivity index (χ1v) is 5.42.